The maximum absolute atomic E-state index is 10.2. The zero-order chi connectivity index (χ0) is 15.6. The highest BCUT2D eigenvalue weighted by atomic mass is 16.5. The third-order valence-electron chi connectivity index (χ3n) is 4.92. The molecule has 0 heterocycles. The fraction of sp³-hybridized carbons (Fsp3) is 0.647. The van der Waals surface area contributed by atoms with Crippen molar-refractivity contribution in [3.05, 3.63) is 17.7 Å². The minimum atomic E-state index is -0.292. The number of hydrogen-bond acceptors (Lipinski definition) is 4. The van der Waals surface area contributed by atoms with Gasteiger partial charge in [-0.3, -0.25) is 0 Å². The number of hydrogen-bond donors (Lipinski definition) is 1. The second-order valence-corrected chi connectivity index (χ2v) is 5.80. The highest BCUT2D eigenvalue weighted by Gasteiger charge is 2.54. The summed E-state index contributed by atoms with van der Waals surface area (Å²) in [5.74, 6) is 1.98. The number of aliphatic hydroxyl groups is 1. The van der Waals surface area contributed by atoms with E-state index in [0.29, 0.717) is 23.7 Å². The summed E-state index contributed by atoms with van der Waals surface area (Å²) in [7, 11) is 3.26. The minimum absolute atomic E-state index is 0.00648. The zero-order valence-corrected chi connectivity index (χ0v) is 13.6. The van der Waals surface area contributed by atoms with Crippen molar-refractivity contribution in [2.75, 3.05) is 14.2 Å². The van der Waals surface area contributed by atoms with Gasteiger partial charge in [0, 0.05) is 11.8 Å². The van der Waals surface area contributed by atoms with Gasteiger partial charge in [-0.15, -0.1) is 0 Å². The van der Waals surface area contributed by atoms with E-state index in [9.17, 15) is 5.11 Å². The standard InChI is InChI=1S/C17H26O4/c1-6-17(7-2)14(18)10-15(17)21-16-12(19-4)8-11(3)9-13(16)20-5/h8-9,14-15,18H,6-7,10H2,1-5H3. The summed E-state index contributed by atoms with van der Waals surface area (Å²) in [4.78, 5) is 0. The highest BCUT2D eigenvalue weighted by Crippen LogP contribution is 2.51. The maximum Gasteiger partial charge on any atom is 0.203 e. The number of aliphatic hydroxyl groups excluding tert-OH is 1. The molecule has 4 nitrogen and oxygen atoms in total. The van der Waals surface area contributed by atoms with Gasteiger partial charge in [0.25, 0.3) is 0 Å². The van der Waals surface area contributed by atoms with Crippen LogP contribution >= 0.6 is 0 Å². The van der Waals surface area contributed by atoms with Crippen LogP contribution in [0, 0.1) is 12.3 Å². The van der Waals surface area contributed by atoms with Gasteiger partial charge in [0.1, 0.15) is 6.10 Å². The van der Waals surface area contributed by atoms with E-state index in [1.807, 2.05) is 19.1 Å². The number of rotatable bonds is 6. The molecule has 0 spiro atoms. The molecule has 1 saturated carbocycles. The molecule has 4 heteroatoms. The van der Waals surface area contributed by atoms with E-state index in [0.717, 1.165) is 18.4 Å². The smallest absolute Gasteiger partial charge is 0.203 e. The Bertz CT molecular complexity index is 469. The molecule has 1 aliphatic rings. The summed E-state index contributed by atoms with van der Waals surface area (Å²) < 4.78 is 17.1. The lowest BCUT2D eigenvalue weighted by Crippen LogP contribution is -2.59. The Morgan fingerprint density at radius 2 is 1.67 bits per heavy atom. The van der Waals surface area contributed by atoms with Gasteiger partial charge in [0.15, 0.2) is 11.5 Å². The summed E-state index contributed by atoms with van der Waals surface area (Å²) in [5, 5.41) is 10.2. The van der Waals surface area contributed by atoms with Crippen LogP contribution in [0.2, 0.25) is 0 Å². The summed E-state index contributed by atoms with van der Waals surface area (Å²) in [5.41, 5.74) is 0.892. The van der Waals surface area contributed by atoms with Crippen molar-refractivity contribution in [2.24, 2.45) is 5.41 Å². The third-order valence-corrected chi connectivity index (χ3v) is 4.92. The Morgan fingerprint density at radius 3 is 2.05 bits per heavy atom. The largest absolute Gasteiger partial charge is 0.493 e. The Kier molecular flexibility index (Phi) is 4.67. The second kappa shape index (κ2) is 6.14. The van der Waals surface area contributed by atoms with Crippen LogP contribution in [-0.4, -0.2) is 31.5 Å². The first-order valence-corrected chi connectivity index (χ1v) is 7.59. The summed E-state index contributed by atoms with van der Waals surface area (Å²) in [6, 6.07) is 3.87. The highest BCUT2D eigenvalue weighted by molar-refractivity contribution is 5.53. The monoisotopic (exact) mass is 294 g/mol. The topological polar surface area (TPSA) is 47.9 Å². The van der Waals surface area contributed by atoms with E-state index in [1.165, 1.54) is 0 Å². The van der Waals surface area contributed by atoms with E-state index in [4.69, 9.17) is 14.2 Å². The molecule has 0 radical (unpaired) electrons. The van der Waals surface area contributed by atoms with Crippen molar-refractivity contribution in [1.29, 1.82) is 0 Å². The van der Waals surface area contributed by atoms with Crippen LogP contribution in [0.15, 0.2) is 12.1 Å². The number of methoxy groups -OCH3 is 2. The van der Waals surface area contributed by atoms with Crippen LogP contribution in [0.4, 0.5) is 0 Å². The fourth-order valence-corrected chi connectivity index (χ4v) is 3.34. The van der Waals surface area contributed by atoms with Crippen LogP contribution in [0.3, 0.4) is 0 Å². The van der Waals surface area contributed by atoms with E-state index in [2.05, 4.69) is 13.8 Å². The lowest BCUT2D eigenvalue weighted by molar-refractivity contribution is -0.160. The van der Waals surface area contributed by atoms with Crippen molar-refractivity contribution in [1.82, 2.24) is 0 Å². The third kappa shape index (κ3) is 2.57. The Balaban J connectivity index is 2.32. The molecule has 0 bridgehead atoms. The van der Waals surface area contributed by atoms with Gasteiger partial charge in [-0.25, -0.2) is 0 Å². The first kappa shape index (κ1) is 16.0. The Labute approximate surface area is 127 Å². The number of ether oxygens (including phenoxy) is 3. The summed E-state index contributed by atoms with van der Waals surface area (Å²) >= 11 is 0. The van der Waals surface area contributed by atoms with E-state index in [1.54, 1.807) is 14.2 Å². The molecule has 2 atom stereocenters. The van der Waals surface area contributed by atoms with Crippen LogP contribution in [0.5, 0.6) is 17.2 Å². The van der Waals surface area contributed by atoms with Crippen LogP contribution < -0.4 is 14.2 Å². The van der Waals surface area contributed by atoms with Crippen molar-refractivity contribution >= 4 is 0 Å². The molecule has 1 N–H and O–H groups in total. The van der Waals surface area contributed by atoms with E-state index >= 15 is 0 Å². The van der Waals surface area contributed by atoms with Gasteiger partial charge in [-0.2, -0.15) is 0 Å². The van der Waals surface area contributed by atoms with Crippen LogP contribution in [0.25, 0.3) is 0 Å². The first-order valence-electron chi connectivity index (χ1n) is 7.59. The average Bonchev–Trinajstić information content (AvgIpc) is 2.48. The van der Waals surface area contributed by atoms with Crippen LogP contribution in [0.1, 0.15) is 38.7 Å². The SMILES string of the molecule is CCC1(CC)C(O)CC1Oc1c(OC)cc(C)cc1OC. The average molecular weight is 294 g/mol. The minimum Gasteiger partial charge on any atom is -0.493 e. The molecule has 2 rings (SSSR count). The zero-order valence-electron chi connectivity index (χ0n) is 13.6. The Morgan fingerprint density at radius 1 is 1.14 bits per heavy atom. The van der Waals surface area contributed by atoms with Gasteiger partial charge in [0.05, 0.1) is 20.3 Å². The maximum atomic E-state index is 10.2. The molecule has 21 heavy (non-hydrogen) atoms. The summed E-state index contributed by atoms with van der Waals surface area (Å²) in [6.45, 7) is 6.20. The molecule has 0 amide bonds. The van der Waals surface area contributed by atoms with Crippen molar-refractivity contribution in [2.45, 2.75) is 52.2 Å². The molecule has 0 aliphatic heterocycles. The predicted molar refractivity (Wildman–Crippen MR) is 82.3 cm³/mol. The number of aryl methyl sites for hydroxylation is 1. The molecule has 1 fully saturated rings. The second-order valence-electron chi connectivity index (χ2n) is 5.80. The molecule has 1 aromatic rings. The van der Waals surface area contributed by atoms with Crippen molar-refractivity contribution in [3.63, 3.8) is 0 Å². The van der Waals surface area contributed by atoms with Crippen LogP contribution in [-0.2, 0) is 0 Å². The normalized spacial score (nSPS) is 23.3. The predicted octanol–water partition coefficient (Wildman–Crippen LogP) is 3.33. The molecule has 0 aromatic heterocycles. The van der Waals surface area contributed by atoms with E-state index < -0.39 is 0 Å². The Hall–Kier alpha value is -1.42. The van der Waals surface area contributed by atoms with Gasteiger partial charge in [-0.05, 0) is 37.5 Å². The van der Waals surface area contributed by atoms with Gasteiger partial charge in [-0.1, -0.05) is 13.8 Å². The fourth-order valence-electron chi connectivity index (χ4n) is 3.34. The van der Waals surface area contributed by atoms with Crippen molar-refractivity contribution < 1.29 is 19.3 Å². The quantitative estimate of drug-likeness (QED) is 0.874. The molecule has 1 aliphatic carbocycles. The molecular weight excluding hydrogens is 268 g/mol. The molecular formula is C17H26O4. The van der Waals surface area contributed by atoms with Gasteiger partial charge in [0.2, 0.25) is 5.75 Å². The number of benzene rings is 1. The van der Waals surface area contributed by atoms with E-state index in [-0.39, 0.29) is 17.6 Å². The molecule has 2 unspecified atom stereocenters. The first-order chi connectivity index (χ1) is 10.0. The van der Waals surface area contributed by atoms with Gasteiger partial charge >= 0.3 is 0 Å². The lowest BCUT2D eigenvalue weighted by atomic mass is 9.60. The van der Waals surface area contributed by atoms with Crippen molar-refractivity contribution in [3.8, 4) is 17.2 Å². The molecule has 118 valence electrons. The summed E-state index contributed by atoms with van der Waals surface area (Å²) in [6.07, 6.45) is 2.15. The van der Waals surface area contributed by atoms with Gasteiger partial charge < -0.3 is 19.3 Å². The lowest BCUT2D eigenvalue weighted by Gasteiger charge is -2.52. The molecule has 0 saturated heterocycles. The molecule has 1 aromatic carbocycles.